The lowest BCUT2D eigenvalue weighted by molar-refractivity contribution is -0.0453. The Kier molecular flexibility index (Phi) is 8.22. The first-order valence-corrected chi connectivity index (χ1v) is 11.2. The summed E-state index contributed by atoms with van der Waals surface area (Å²) in [6, 6.07) is 0.663. The Morgan fingerprint density at radius 2 is 2.07 bits per heavy atom. The van der Waals surface area contributed by atoms with E-state index < -0.39 is 0 Å². The molecule has 0 aromatic rings. The molecule has 3 aliphatic rings. The lowest BCUT2D eigenvalue weighted by Crippen LogP contribution is -2.51. The van der Waals surface area contributed by atoms with Gasteiger partial charge in [-0.2, -0.15) is 0 Å². The van der Waals surface area contributed by atoms with Crippen molar-refractivity contribution >= 4 is 5.96 Å². The largest absolute Gasteiger partial charge is 0.382 e. The van der Waals surface area contributed by atoms with Crippen LogP contribution in [0.25, 0.3) is 0 Å². The van der Waals surface area contributed by atoms with E-state index in [2.05, 4.69) is 29.4 Å². The average Bonchev–Trinajstić information content (AvgIpc) is 3.33. The van der Waals surface area contributed by atoms with Gasteiger partial charge in [-0.05, 0) is 57.9 Å². The van der Waals surface area contributed by atoms with Gasteiger partial charge in [0.1, 0.15) is 0 Å². The van der Waals surface area contributed by atoms with Gasteiger partial charge in [-0.25, -0.2) is 0 Å². The summed E-state index contributed by atoms with van der Waals surface area (Å²) in [6.07, 6.45) is 9.25. The van der Waals surface area contributed by atoms with Gasteiger partial charge in [0.05, 0.1) is 12.7 Å². The molecule has 2 atom stereocenters. The zero-order valence-corrected chi connectivity index (χ0v) is 17.5. The van der Waals surface area contributed by atoms with Crippen molar-refractivity contribution in [2.75, 3.05) is 52.5 Å². The number of aliphatic imine (C=N–C) groups is 1. The van der Waals surface area contributed by atoms with Crippen LogP contribution in [0, 0.1) is 5.41 Å². The number of ether oxygens (including phenoxy) is 2. The molecule has 1 saturated carbocycles. The third kappa shape index (κ3) is 6.06. The molecule has 3 rings (SSSR count). The highest BCUT2D eigenvalue weighted by Crippen LogP contribution is 2.41. The Balaban J connectivity index is 1.49. The molecule has 27 heavy (non-hydrogen) atoms. The molecule has 2 unspecified atom stereocenters. The second-order valence-corrected chi connectivity index (χ2v) is 8.48. The molecule has 2 heterocycles. The van der Waals surface area contributed by atoms with Crippen LogP contribution in [0.5, 0.6) is 0 Å². The number of fused-ring (bicyclic) bond motifs is 1. The Labute approximate surface area is 165 Å². The van der Waals surface area contributed by atoms with Crippen LogP contribution < -0.4 is 10.6 Å². The van der Waals surface area contributed by atoms with E-state index in [-0.39, 0.29) is 6.10 Å². The summed E-state index contributed by atoms with van der Waals surface area (Å²) in [5.41, 5.74) is 0.335. The van der Waals surface area contributed by atoms with Crippen LogP contribution in [0.3, 0.4) is 0 Å². The molecule has 2 aliphatic heterocycles. The van der Waals surface area contributed by atoms with Crippen molar-refractivity contribution in [3.63, 3.8) is 0 Å². The predicted octanol–water partition coefficient (Wildman–Crippen LogP) is 2.39. The van der Waals surface area contributed by atoms with E-state index in [9.17, 15) is 0 Å². The van der Waals surface area contributed by atoms with Crippen LogP contribution in [-0.2, 0) is 9.47 Å². The minimum atomic E-state index is 0.265. The maximum atomic E-state index is 6.08. The molecule has 3 fully saturated rings. The summed E-state index contributed by atoms with van der Waals surface area (Å²) in [6.45, 7) is 11.7. The molecule has 0 radical (unpaired) electrons. The Hall–Kier alpha value is -0.850. The van der Waals surface area contributed by atoms with E-state index in [0.717, 1.165) is 58.4 Å². The second kappa shape index (κ2) is 10.6. The Bertz CT molecular complexity index is 465. The summed E-state index contributed by atoms with van der Waals surface area (Å²) in [5, 5.41) is 6.95. The first-order valence-electron chi connectivity index (χ1n) is 11.2. The summed E-state index contributed by atoms with van der Waals surface area (Å²) >= 11 is 0. The van der Waals surface area contributed by atoms with Crippen LogP contribution in [0.15, 0.2) is 4.99 Å². The van der Waals surface area contributed by atoms with Crippen LogP contribution in [-0.4, -0.2) is 75.5 Å². The van der Waals surface area contributed by atoms with Gasteiger partial charge >= 0.3 is 0 Å². The molecule has 6 heteroatoms. The highest BCUT2D eigenvalue weighted by molar-refractivity contribution is 5.79. The van der Waals surface area contributed by atoms with Crippen molar-refractivity contribution in [3.8, 4) is 0 Å². The molecule has 6 nitrogen and oxygen atoms in total. The minimum Gasteiger partial charge on any atom is -0.382 e. The number of nitrogens with one attached hydrogen (secondary N) is 2. The normalized spacial score (nSPS) is 28.3. The molecule has 0 aromatic heterocycles. The van der Waals surface area contributed by atoms with Gasteiger partial charge in [0.15, 0.2) is 5.96 Å². The number of hydrogen-bond donors (Lipinski definition) is 2. The average molecular weight is 381 g/mol. The van der Waals surface area contributed by atoms with E-state index in [1.165, 1.54) is 45.1 Å². The van der Waals surface area contributed by atoms with Gasteiger partial charge in [-0.15, -0.1) is 0 Å². The predicted molar refractivity (Wildman–Crippen MR) is 110 cm³/mol. The molecule has 0 spiro atoms. The molecule has 0 bridgehead atoms. The van der Waals surface area contributed by atoms with Crippen molar-refractivity contribution in [1.29, 1.82) is 0 Å². The monoisotopic (exact) mass is 380 g/mol. The van der Waals surface area contributed by atoms with E-state index in [1.54, 1.807) is 0 Å². The molecule has 1 aliphatic carbocycles. The van der Waals surface area contributed by atoms with E-state index in [1.807, 2.05) is 0 Å². The molecule has 0 amide bonds. The smallest absolute Gasteiger partial charge is 0.191 e. The first kappa shape index (κ1) is 20.9. The van der Waals surface area contributed by atoms with Crippen LogP contribution in [0.1, 0.15) is 58.8 Å². The van der Waals surface area contributed by atoms with E-state index in [4.69, 9.17) is 14.5 Å². The standard InChI is InChI=1S/C21H40N4O2/c1-3-22-20(23-14-19-15-25-12-7-8-18(25)16-27-19)24-17-21(9-5-6-10-21)11-13-26-4-2/h18-19H,3-17H2,1-2H3,(H2,22,23,24). The third-order valence-electron chi connectivity index (χ3n) is 6.52. The number of rotatable bonds is 9. The zero-order chi connectivity index (χ0) is 19.0. The lowest BCUT2D eigenvalue weighted by Gasteiger charge is -2.35. The van der Waals surface area contributed by atoms with Gasteiger partial charge < -0.3 is 20.1 Å². The summed E-state index contributed by atoms with van der Waals surface area (Å²) in [4.78, 5) is 7.57. The molecule has 156 valence electrons. The SMILES string of the molecule is CCNC(=NCC1(CCOCC)CCCC1)NCC1CN2CCCC2CO1. The maximum absolute atomic E-state index is 6.08. The fourth-order valence-corrected chi connectivity index (χ4v) is 4.85. The second-order valence-electron chi connectivity index (χ2n) is 8.48. The quantitative estimate of drug-likeness (QED) is 0.365. The van der Waals surface area contributed by atoms with Gasteiger partial charge in [0.25, 0.3) is 0 Å². The van der Waals surface area contributed by atoms with Gasteiger partial charge in [-0.3, -0.25) is 9.89 Å². The van der Waals surface area contributed by atoms with Gasteiger partial charge in [0, 0.05) is 45.4 Å². The maximum Gasteiger partial charge on any atom is 0.191 e. The fourth-order valence-electron chi connectivity index (χ4n) is 4.85. The van der Waals surface area contributed by atoms with Crippen molar-refractivity contribution in [1.82, 2.24) is 15.5 Å². The summed E-state index contributed by atoms with van der Waals surface area (Å²) < 4.78 is 11.7. The molecular formula is C21H40N4O2. The van der Waals surface area contributed by atoms with E-state index in [0.29, 0.717) is 11.5 Å². The zero-order valence-electron chi connectivity index (χ0n) is 17.5. The Morgan fingerprint density at radius 1 is 1.22 bits per heavy atom. The minimum absolute atomic E-state index is 0.265. The Morgan fingerprint density at radius 3 is 2.85 bits per heavy atom. The first-order chi connectivity index (χ1) is 13.2. The molecule has 2 saturated heterocycles. The molecule has 0 aromatic carbocycles. The lowest BCUT2D eigenvalue weighted by atomic mass is 9.83. The van der Waals surface area contributed by atoms with Crippen LogP contribution >= 0.6 is 0 Å². The van der Waals surface area contributed by atoms with Crippen molar-refractivity contribution < 1.29 is 9.47 Å². The number of hydrogen-bond acceptors (Lipinski definition) is 4. The fraction of sp³-hybridized carbons (Fsp3) is 0.952. The van der Waals surface area contributed by atoms with Crippen molar-refractivity contribution in [2.45, 2.75) is 70.9 Å². The van der Waals surface area contributed by atoms with E-state index >= 15 is 0 Å². The van der Waals surface area contributed by atoms with Gasteiger partial charge in [0.2, 0.25) is 0 Å². The van der Waals surface area contributed by atoms with Gasteiger partial charge in [-0.1, -0.05) is 12.8 Å². The molecule has 2 N–H and O–H groups in total. The summed E-state index contributed by atoms with van der Waals surface area (Å²) in [7, 11) is 0. The third-order valence-corrected chi connectivity index (χ3v) is 6.52. The molecular weight excluding hydrogens is 340 g/mol. The topological polar surface area (TPSA) is 58.1 Å². The highest BCUT2D eigenvalue weighted by atomic mass is 16.5. The van der Waals surface area contributed by atoms with Crippen LogP contribution in [0.4, 0.5) is 0 Å². The number of morpholine rings is 1. The van der Waals surface area contributed by atoms with Crippen molar-refractivity contribution in [3.05, 3.63) is 0 Å². The van der Waals surface area contributed by atoms with Crippen LogP contribution in [0.2, 0.25) is 0 Å². The highest BCUT2D eigenvalue weighted by Gasteiger charge is 2.34. The number of guanidine groups is 1. The number of nitrogens with zero attached hydrogens (tertiary/aromatic N) is 2. The summed E-state index contributed by atoms with van der Waals surface area (Å²) in [5.74, 6) is 0.937. The van der Waals surface area contributed by atoms with Crippen molar-refractivity contribution in [2.24, 2.45) is 10.4 Å².